The van der Waals surface area contributed by atoms with Crippen LogP contribution in [0.2, 0.25) is 0 Å². The van der Waals surface area contributed by atoms with Crippen molar-refractivity contribution in [3.8, 4) is 22.9 Å². The van der Waals surface area contributed by atoms with Crippen molar-refractivity contribution >= 4 is 11.9 Å². The average Bonchev–Trinajstić information content (AvgIpc) is 3.16. The molecule has 3 rings (SSSR count). The third-order valence-electron chi connectivity index (χ3n) is 4.27. The zero-order valence-electron chi connectivity index (χ0n) is 18.1. The zero-order chi connectivity index (χ0) is 22.7. The lowest BCUT2D eigenvalue weighted by Gasteiger charge is -2.30. The van der Waals surface area contributed by atoms with Crippen molar-refractivity contribution in [1.82, 2.24) is 14.9 Å². The van der Waals surface area contributed by atoms with Crippen molar-refractivity contribution in [3.63, 3.8) is 0 Å². The lowest BCUT2D eigenvalue weighted by Crippen LogP contribution is -2.36. The van der Waals surface area contributed by atoms with Crippen LogP contribution in [-0.4, -0.2) is 58.5 Å². The number of nitrogens with zero attached hydrogens (tertiary/aromatic N) is 2. The molecule has 0 spiro atoms. The van der Waals surface area contributed by atoms with Crippen molar-refractivity contribution in [3.05, 3.63) is 30.6 Å². The van der Waals surface area contributed by atoms with Gasteiger partial charge in [0.2, 0.25) is 0 Å². The van der Waals surface area contributed by atoms with Crippen molar-refractivity contribution in [2.45, 2.75) is 45.7 Å². The second-order valence-corrected chi connectivity index (χ2v) is 6.83. The van der Waals surface area contributed by atoms with Crippen molar-refractivity contribution in [1.29, 1.82) is 0 Å². The Morgan fingerprint density at radius 2 is 1.63 bits per heavy atom. The molecule has 1 aliphatic rings. The summed E-state index contributed by atoms with van der Waals surface area (Å²) in [5, 5.41) is 18.3. The van der Waals surface area contributed by atoms with E-state index in [9.17, 15) is 0 Å². The molecule has 9 heteroatoms. The monoisotopic (exact) mass is 421 g/mol. The molecule has 0 unspecified atom stereocenters. The Bertz CT molecular complexity index is 779. The Morgan fingerprint density at radius 1 is 1.10 bits per heavy atom. The average molecular weight is 421 g/mol. The molecule has 2 heterocycles. The smallest absolute Gasteiger partial charge is 0.300 e. The molecule has 30 heavy (non-hydrogen) atoms. The summed E-state index contributed by atoms with van der Waals surface area (Å²) < 4.78 is 13.0. The Balaban J connectivity index is 0.000000485. The van der Waals surface area contributed by atoms with Gasteiger partial charge in [-0.25, -0.2) is 4.98 Å². The molecule has 0 amide bonds. The number of carboxylic acids is 2. The van der Waals surface area contributed by atoms with E-state index in [2.05, 4.69) is 28.0 Å². The number of carboxylic acid groups (broad SMARTS) is 2. The Labute approximate surface area is 176 Å². The van der Waals surface area contributed by atoms with Gasteiger partial charge in [-0.2, -0.15) is 0 Å². The largest absolute Gasteiger partial charge is 0.497 e. The Morgan fingerprint density at radius 3 is 2.10 bits per heavy atom. The number of methoxy groups -OCH3 is 2. The number of aliphatic carboxylic acids is 2. The van der Waals surface area contributed by atoms with Crippen LogP contribution in [0.25, 0.3) is 11.4 Å². The van der Waals surface area contributed by atoms with Gasteiger partial charge in [0, 0.05) is 50.0 Å². The zero-order valence-corrected chi connectivity index (χ0v) is 18.1. The fraction of sp³-hybridized carbons (Fsp3) is 0.476. The maximum Gasteiger partial charge on any atom is 0.300 e. The summed E-state index contributed by atoms with van der Waals surface area (Å²) in [5.41, 5.74) is 1.02. The highest BCUT2D eigenvalue weighted by molar-refractivity contribution is 5.63. The fourth-order valence-electron chi connectivity index (χ4n) is 3.13. The highest BCUT2D eigenvalue weighted by Crippen LogP contribution is 2.32. The summed E-state index contributed by atoms with van der Waals surface area (Å²) in [4.78, 5) is 22.6. The quantitative estimate of drug-likeness (QED) is 0.688. The number of benzene rings is 1. The maximum absolute atomic E-state index is 9.00. The van der Waals surface area contributed by atoms with E-state index >= 15 is 0 Å². The number of aromatic nitrogens is 2. The standard InChI is InChI=1S/C17H23N3O2.2C2H4O2/c1-12-8-14(4-5-18-12)20-7-6-19-17(20)13-9-15(21-2)11-16(10-13)22-3;2*1-2(3)4/h6-7,9-12,14,18H,4-5,8H2,1-3H3;2*1H3,(H,3,4)/t12-,14+;;/m0../s1. The predicted octanol–water partition coefficient (Wildman–Crippen LogP) is 3.06. The van der Waals surface area contributed by atoms with Gasteiger partial charge in [0.05, 0.1) is 14.2 Å². The number of piperidine rings is 1. The van der Waals surface area contributed by atoms with E-state index in [-0.39, 0.29) is 0 Å². The lowest BCUT2D eigenvalue weighted by molar-refractivity contribution is -0.135. The first-order chi connectivity index (χ1) is 14.2. The molecule has 166 valence electrons. The van der Waals surface area contributed by atoms with Gasteiger partial charge in [-0.05, 0) is 38.4 Å². The molecule has 0 radical (unpaired) electrons. The molecule has 9 nitrogen and oxygen atoms in total. The van der Waals surface area contributed by atoms with Crippen LogP contribution in [0, 0.1) is 0 Å². The number of hydrogen-bond acceptors (Lipinski definition) is 6. The van der Waals surface area contributed by atoms with Gasteiger partial charge in [0.15, 0.2) is 0 Å². The van der Waals surface area contributed by atoms with Crippen LogP contribution in [0.15, 0.2) is 30.6 Å². The topological polar surface area (TPSA) is 123 Å². The van der Waals surface area contributed by atoms with Crippen LogP contribution in [0.4, 0.5) is 0 Å². The second kappa shape index (κ2) is 12.5. The first-order valence-electron chi connectivity index (χ1n) is 9.56. The van der Waals surface area contributed by atoms with E-state index in [1.165, 1.54) is 0 Å². The summed E-state index contributed by atoms with van der Waals surface area (Å²) in [6.45, 7) is 5.45. The molecule has 0 saturated carbocycles. The molecule has 1 fully saturated rings. The third-order valence-corrected chi connectivity index (χ3v) is 4.27. The summed E-state index contributed by atoms with van der Waals surface area (Å²) in [6, 6.07) is 6.90. The van der Waals surface area contributed by atoms with E-state index in [0.29, 0.717) is 12.1 Å². The van der Waals surface area contributed by atoms with Crippen molar-refractivity contribution in [2.24, 2.45) is 0 Å². The van der Waals surface area contributed by atoms with Gasteiger partial charge in [0.1, 0.15) is 17.3 Å². The molecule has 1 saturated heterocycles. The predicted molar refractivity (Wildman–Crippen MR) is 113 cm³/mol. The fourth-order valence-corrected chi connectivity index (χ4v) is 3.13. The van der Waals surface area contributed by atoms with Gasteiger partial charge in [-0.1, -0.05) is 0 Å². The number of rotatable bonds is 4. The molecular weight excluding hydrogens is 390 g/mol. The molecule has 0 bridgehead atoms. The second-order valence-electron chi connectivity index (χ2n) is 6.83. The molecular formula is C21H31N3O6. The summed E-state index contributed by atoms with van der Waals surface area (Å²) in [6.07, 6.45) is 6.18. The van der Waals surface area contributed by atoms with Gasteiger partial charge in [-0.3, -0.25) is 9.59 Å². The van der Waals surface area contributed by atoms with Crippen LogP contribution in [0.1, 0.15) is 39.7 Å². The van der Waals surface area contributed by atoms with E-state index in [1.54, 1.807) is 14.2 Å². The highest BCUT2D eigenvalue weighted by Gasteiger charge is 2.22. The van der Waals surface area contributed by atoms with Crippen molar-refractivity contribution in [2.75, 3.05) is 20.8 Å². The van der Waals surface area contributed by atoms with E-state index in [0.717, 1.165) is 56.1 Å². The minimum Gasteiger partial charge on any atom is -0.497 e. The van der Waals surface area contributed by atoms with Crippen LogP contribution >= 0.6 is 0 Å². The molecule has 1 aromatic carbocycles. The van der Waals surface area contributed by atoms with E-state index in [1.807, 2.05) is 24.4 Å². The van der Waals surface area contributed by atoms with Gasteiger partial charge < -0.3 is 29.6 Å². The summed E-state index contributed by atoms with van der Waals surface area (Å²) in [5.74, 6) is 0.862. The van der Waals surface area contributed by atoms with Gasteiger partial charge in [0.25, 0.3) is 11.9 Å². The van der Waals surface area contributed by atoms with Crippen LogP contribution in [0.3, 0.4) is 0 Å². The molecule has 1 aromatic heterocycles. The van der Waals surface area contributed by atoms with Gasteiger partial charge >= 0.3 is 0 Å². The number of imidazole rings is 1. The first kappa shape index (κ1) is 25.0. The van der Waals surface area contributed by atoms with Crippen molar-refractivity contribution < 1.29 is 29.3 Å². The Kier molecular flexibility index (Phi) is 10.4. The minimum atomic E-state index is -0.833. The third kappa shape index (κ3) is 8.52. The number of hydrogen-bond donors (Lipinski definition) is 3. The SMILES string of the molecule is CC(=O)O.CC(=O)O.COc1cc(OC)cc(-c2nccn2[C@@H]2CCN[C@@H](C)C2)c1. The lowest BCUT2D eigenvalue weighted by atomic mass is 10.00. The van der Waals surface area contributed by atoms with Crippen LogP contribution in [-0.2, 0) is 9.59 Å². The molecule has 2 atom stereocenters. The van der Waals surface area contributed by atoms with Gasteiger partial charge in [-0.15, -0.1) is 0 Å². The van der Waals surface area contributed by atoms with Crippen LogP contribution < -0.4 is 14.8 Å². The first-order valence-corrected chi connectivity index (χ1v) is 9.56. The highest BCUT2D eigenvalue weighted by atomic mass is 16.5. The normalized spacial score (nSPS) is 17.5. The minimum absolute atomic E-state index is 0.478. The molecule has 0 aliphatic carbocycles. The summed E-state index contributed by atoms with van der Waals surface area (Å²) in [7, 11) is 3.33. The number of ether oxygens (including phenoxy) is 2. The summed E-state index contributed by atoms with van der Waals surface area (Å²) >= 11 is 0. The molecule has 1 aliphatic heterocycles. The number of carbonyl (C=O) groups is 2. The Hall–Kier alpha value is -3.07. The van der Waals surface area contributed by atoms with Crippen LogP contribution in [0.5, 0.6) is 11.5 Å². The van der Waals surface area contributed by atoms with E-state index in [4.69, 9.17) is 29.3 Å². The number of nitrogens with one attached hydrogen (secondary N) is 1. The molecule has 3 N–H and O–H groups in total. The molecule has 2 aromatic rings. The van der Waals surface area contributed by atoms with E-state index < -0.39 is 11.9 Å². The maximum atomic E-state index is 9.00.